The Morgan fingerprint density at radius 2 is 2.07 bits per heavy atom. The van der Waals surface area contributed by atoms with Gasteiger partial charge in [0.1, 0.15) is 5.82 Å². The fourth-order valence-corrected chi connectivity index (χ4v) is 1.78. The summed E-state index contributed by atoms with van der Waals surface area (Å²) < 4.78 is 13.0. The molecule has 2 unspecified atom stereocenters. The van der Waals surface area contributed by atoms with Gasteiger partial charge >= 0.3 is 0 Å². The van der Waals surface area contributed by atoms with Gasteiger partial charge in [0.05, 0.1) is 0 Å². The number of hydrogen-bond acceptors (Lipinski definition) is 1. The summed E-state index contributed by atoms with van der Waals surface area (Å²) in [5.74, 6) is 0.393. The Bertz CT molecular complexity index is 364. The zero-order valence-electron chi connectivity index (χ0n) is 8.38. The first-order valence-electron chi connectivity index (χ1n) is 4.89. The molecule has 0 amide bonds. The third kappa shape index (κ3) is 1.69. The molecule has 2 atom stereocenters. The van der Waals surface area contributed by atoms with Crippen LogP contribution in [0.4, 0.5) is 4.39 Å². The van der Waals surface area contributed by atoms with E-state index in [0.717, 1.165) is 12.0 Å². The van der Waals surface area contributed by atoms with Crippen molar-refractivity contribution in [2.24, 2.45) is 11.8 Å². The van der Waals surface area contributed by atoms with E-state index in [0.29, 0.717) is 11.5 Å². The molecule has 14 heavy (non-hydrogen) atoms. The summed E-state index contributed by atoms with van der Waals surface area (Å²) in [5, 5.41) is 0. The second-order valence-corrected chi connectivity index (χ2v) is 4.20. The van der Waals surface area contributed by atoms with E-state index in [-0.39, 0.29) is 17.5 Å². The van der Waals surface area contributed by atoms with Crippen LogP contribution in [0, 0.1) is 24.6 Å². The molecule has 1 nitrogen and oxygen atoms in total. The Morgan fingerprint density at radius 3 is 2.57 bits per heavy atom. The molecule has 1 aliphatic rings. The molecule has 0 bridgehead atoms. The molecule has 2 rings (SSSR count). The third-order valence-electron chi connectivity index (χ3n) is 2.77. The number of carbonyl (C=O) groups is 1. The van der Waals surface area contributed by atoms with Gasteiger partial charge < -0.3 is 0 Å². The molecular formula is C12H13FO. The Kier molecular flexibility index (Phi) is 2.14. The molecule has 1 aromatic carbocycles. The zero-order chi connectivity index (χ0) is 10.3. The summed E-state index contributed by atoms with van der Waals surface area (Å²) in [6.07, 6.45) is 0.953. The SMILES string of the molecule is Cc1cc(F)cc(C(=O)C2CC2C)c1. The van der Waals surface area contributed by atoms with Crippen molar-refractivity contribution >= 4 is 5.78 Å². The Labute approximate surface area is 82.9 Å². The molecule has 2 heteroatoms. The van der Waals surface area contributed by atoms with Gasteiger partial charge in [-0.2, -0.15) is 0 Å². The van der Waals surface area contributed by atoms with Crippen molar-refractivity contribution in [3.05, 3.63) is 35.1 Å². The van der Waals surface area contributed by atoms with Gasteiger partial charge in [0.25, 0.3) is 0 Å². The second-order valence-electron chi connectivity index (χ2n) is 4.20. The minimum Gasteiger partial charge on any atom is -0.294 e. The lowest BCUT2D eigenvalue weighted by Crippen LogP contribution is -2.03. The first kappa shape index (κ1) is 9.38. The van der Waals surface area contributed by atoms with Crippen molar-refractivity contribution in [3.63, 3.8) is 0 Å². The molecule has 0 heterocycles. The van der Waals surface area contributed by atoms with Gasteiger partial charge in [-0.25, -0.2) is 4.39 Å². The average molecular weight is 192 g/mol. The van der Waals surface area contributed by atoms with Crippen LogP contribution in [0.2, 0.25) is 0 Å². The van der Waals surface area contributed by atoms with Gasteiger partial charge in [0.15, 0.2) is 5.78 Å². The van der Waals surface area contributed by atoms with Gasteiger partial charge in [-0.05, 0) is 43.0 Å². The molecule has 74 valence electrons. The molecule has 0 N–H and O–H groups in total. The number of aryl methyl sites for hydroxylation is 1. The van der Waals surface area contributed by atoms with E-state index in [9.17, 15) is 9.18 Å². The van der Waals surface area contributed by atoms with Crippen molar-refractivity contribution in [2.45, 2.75) is 20.3 Å². The summed E-state index contributed by atoms with van der Waals surface area (Å²) in [4.78, 5) is 11.8. The Balaban J connectivity index is 2.27. The number of hydrogen-bond donors (Lipinski definition) is 0. The van der Waals surface area contributed by atoms with Crippen LogP contribution in [0.25, 0.3) is 0 Å². The lowest BCUT2D eigenvalue weighted by Gasteiger charge is -2.01. The lowest BCUT2D eigenvalue weighted by atomic mass is 10.0. The maximum Gasteiger partial charge on any atom is 0.166 e. The minimum atomic E-state index is -0.318. The largest absolute Gasteiger partial charge is 0.294 e. The number of carbonyl (C=O) groups excluding carboxylic acids is 1. The van der Waals surface area contributed by atoms with E-state index in [1.165, 1.54) is 12.1 Å². The molecule has 1 aliphatic carbocycles. The van der Waals surface area contributed by atoms with Crippen molar-refractivity contribution in [3.8, 4) is 0 Å². The van der Waals surface area contributed by atoms with Crippen molar-refractivity contribution in [2.75, 3.05) is 0 Å². The smallest absolute Gasteiger partial charge is 0.166 e. The highest BCUT2D eigenvalue weighted by molar-refractivity contribution is 5.99. The van der Waals surface area contributed by atoms with Crippen LogP contribution >= 0.6 is 0 Å². The number of Topliss-reactive ketones (excluding diaryl/α,β-unsaturated/α-hetero) is 1. The average Bonchev–Trinajstić information content (AvgIpc) is 2.79. The zero-order valence-corrected chi connectivity index (χ0v) is 8.38. The molecule has 0 radical (unpaired) electrons. The highest BCUT2D eigenvalue weighted by Gasteiger charge is 2.39. The summed E-state index contributed by atoms with van der Waals surface area (Å²) in [5.41, 5.74) is 1.33. The monoisotopic (exact) mass is 192 g/mol. The van der Waals surface area contributed by atoms with Crippen LogP contribution in [-0.4, -0.2) is 5.78 Å². The number of halogens is 1. The fourth-order valence-electron chi connectivity index (χ4n) is 1.78. The molecule has 0 aliphatic heterocycles. The molecule has 0 spiro atoms. The molecule has 1 saturated carbocycles. The van der Waals surface area contributed by atoms with Gasteiger partial charge in [0.2, 0.25) is 0 Å². The number of rotatable bonds is 2. The van der Waals surface area contributed by atoms with E-state index in [4.69, 9.17) is 0 Å². The first-order chi connectivity index (χ1) is 6.58. The standard InChI is InChI=1S/C12H13FO/c1-7-3-9(6-10(13)4-7)12(14)11-5-8(11)2/h3-4,6,8,11H,5H2,1-2H3. The topological polar surface area (TPSA) is 17.1 Å². The number of ketones is 1. The van der Waals surface area contributed by atoms with Gasteiger partial charge in [-0.3, -0.25) is 4.79 Å². The van der Waals surface area contributed by atoms with Gasteiger partial charge in [0, 0.05) is 11.5 Å². The Hall–Kier alpha value is -1.18. The number of benzene rings is 1. The maximum absolute atomic E-state index is 13.0. The summed E-state index contributed by atoms with van der Waals surface area (Å²) >= 11 is 0. The Morgan fingerprint density at radius 1 is 1.43 bits per heavy atom. The van der Waals surface area contributed by atoms with Crippen LogP contribution in [0.3, 0.4) is 0 Å². The summed E-state index contributed by atoms with van der Waals surface area (Å²) in [6, 6.07) is 4.53. The highest BCUT2D eigenvalue weighted by atomic mass is 19.1. The lowest BCUT2D eigenvalue weighted by molar-refractivity contribution is 0.0962. The van der Waals surface area contributed by atoms with Gasteiger partial charge in [-0.15, -0.1) is 0 Å². The third-order valence-corrected chi connectivity index (χ3v) is 2.77. The minimum absolute atomic E-state index is 0.0973. The molecule has 0 saturated heterocycles. The van der Waals surface area contributed by atoms with Gasteiger partial charge in [-0.1, -0.05) is 6.92 Å². The molecular weight excluding hydrogens is 179 g/mol. The van der Waals surface area contributed by atoms with E-state index in [1.807, 2.05) is 0 Å². The predicted octanol–water partition coefficient (Wildman–Crippen LogP) is 2.97. The van der Waals surface area contributed by atoms with Crippen LogP contribution < -0.4 is 0 Å². The normalized spacial score (nSPS) is 24.8. The molecule has 0 aromatic heterocycles. The molecule has 1 fully saturated rings. The van der Waals surface area contributed by atoms with Crippen LogP contribution in [0.1, 0.15) is 29.3 Å². The van der Waals surface area contributed by atoms with Crippen molar-refractivity contribution in [1.29, 1.82) is 0 Å². The van der Waals surface area contributed by atoms with Crippen molar-refractivity contribution < 1.29 is 9.18 Å². The quantitative estimate of drug-likeness (QED) is 0.658. The first-order valence-corrected chi connectivity index (χ1v) is 4.89. The second kappa shape index (κ2) is 3.19. The summed E-state index contributed by atoms with van der Waals surface area (Å²) in [6.45, 7) is 3.85. The predicted molar refractivity (Wildman–Crippen MR) is 52.7 cm³/mol. The maximum atomic E-state index is 13.0. The summed E-state index contributed by atoms with van der Waals surface area (Å²) in [7, 11) is 0. The van der Waals surface area contributed by atoms with Crippen LogP contribution in [0.15, 0.2) is 18.2 Å². The van der Waals surface area contributed by atoms with E-state index in [2.05, 4.69) is 6.92 Å². The van der Waals surface area contributed by atoms with Crippen molar-refractivity contribution in [1.82, 2.24) is 0 Å². The fraction of sp³-hybridized carbons (Fsp3) is 0.417. The van der Waals surface area contributed by atoms with E-state index in [1.54, 1.807) is 13.0 Å². The van der Waals surface area contributed by atoms with Crippen LogP contribution in [-0.2, 0) is 0 Å². The van der Waals surface area contributed by atoms with E-state index < -0.39 is 0 Å². The van der Waals surface area contributed by atoms with E-state index >= 15 is 0 Å². The molecule has 1 aromatic rings. The highest BCUT2D eigenvalue weighted by Crippen LogP contribution is 2.40. The van der Waals surface area contributed by atoms with Crippen LogP contribution in [0.5, 0.6) is 0 Å².